The molecule has 6 heteroatoms. The lowest BCUT2D eigenvalue weighted by Gasteiger charge is -2.04. The zero-order chi connectivity index (χ0) is 9.80. The average molecular weight is 190 g/mol. The SMILES string of the molecule is Nc1nccnc1NCc1cn[nH]c1. The molecule has 0 saturated carbocycles. The zero-order valence-electron chi connectivity index (χ0n) is 7.44. The Labute approximate surface area is 80.6 Å². The maximum atomic E-state index is 5.60. The molecule has 0 radical (unpaired) electrons. The number of hydrogen-bond acceptors (Lipinski definition) is 5. The van der Waals surface area contributed by atoms with Crippen molar-refractivity contribution in [1.29, 1.82) is 0 Å². The molecule has 0 fully saturated rings. The number of hydrogen-bond donors (Lipinski definition) is 3. The van der Waals surface area contributed by atoms with Crippen LogP contribution in [-0.4, -0.2) is 20.2 Å². The molecule has 2 rings (SSSR count). The highest BCUT2D eigenvalue weighted by Crippen LogP contribution is 2.10. The molecule has 0 bridgehead atoms. The third-order valence-corrected chi connectivity index (χ3v) is 1.74. The van der Waals surface area contributed by atoms with Gasteiger partial charge < -0.3 is 11.1 Å². The predicted octanol–water partition coefficient (Wildman–Crippen LogP) is 0.394. The number of aromatic nitrogens is 4. The Hall–Kier alpha value is -2.11. The van der Waals surface area contributed by atoms with E-state index in [0.717, 1.165) is 5.56 Å². The lowest BCUT2D eigenvalue weighted by Crippen LogP contribution is -2.04. The molecule has 0 atom stereocenters. The summed E-state index contributed by atoms with van der Waals surface area (Å²) in [7, 11) is 0. The first kappa shape index (κ1) is 8.49. The maximum Gasteiger partial charge on any atom is 0.169 e. The minimum absolute atomic E-state index is 0.399. The summed E-state index contributed by atoms with van der Waals surface area (Å²) >= 11 is 0. The highest BCUT2D eigenvalue weighted by Gasteiger charge is 2.00. The summed E-state index contributed by atoms with van der Waals surface area (Å²) < 4.78 is 0. The van der Waals surface area contributed by atoms with Gasteiger partial charge in [0.15, 0.2) is 11.6 Å². The Bertz CT molecular complexity index is 396. The summed E-state index contributed by atoms with van der Waals surface area (Å²) in [5.74, 6) is 0.990. The van der Waals surface area contributed by atoms with Crippen molar-refractivity contribution in [2.45, 2.75) is 6.54 Å². The van der Waals surface area contributed by atoms with Crippen LogP contribution >= 0.6 is 0 Å². The number of anilines is 2. The van der Waals surface area contributed by atoms with Gasteiger partial charge in [0.05, 0.1) is 6.20 Å². The Morgan fingerprint density at radius 3 is 2.93 bits per heavy atom. The fraction of sp³-hybridized carbons (Fsp3) is 0.125. The van der Waals surface area contributed by atoms with Crippen LogP contribution in [0.3, 0.4) is 0 Å². The lowest BCUT2D eigenvalue weighted by atomic mass is 10.3. The Morgan fingerprint density at radius 2 is 2.21 bits per heavy atom. The zero-order valence-corrected chi connectivity index (χ0v) is 7.44. The quantitative estimate of drug-likeness (QED) is 0.651. The second-order valence-electron chi connectivity index (χ2n) is 2.75. The normalized spacial score (nSPS) is 10.0. The van der Waals surface area contributed by atoms with Crippen molar-refractivity contribution in [3.8, 4) is 0 Å². The highest BCUT2D eigenvalue weighted by molar-refractivity contribution is 5.54. The maximum absolute atomic E-state index is 5.60. The van der Waals surface area contributed by atoms with Crippen molar-refractivity contribution in [2.75, 3.05) is 11.1 Å². The van der Waals surface area contributed by atoms with Gasteiger partial charge >= 0.3 is 0 Å². The van der Waals surface area contributed by atoms with Crippen LogP contribution in [0, 0.1) is 0 Å². The molecule has 6 nitrogen and oxygen atoms in total. The molecule has 2 aromatic rings. The first-order valence-electron chi connectivity index (χ1n) is 4.14. The van der Waals surface area contributed by atoms with Crippen molar-refractivity contribution < 1.29 is 0 Å². The number of nitrogens with zero attached hydrogens (tertiary/aromatic N) is 3. The molecular formula is C8H10N6. The standard InChI is InChI=1S/C8H10N6/c9-7-8(11-2-1-10-7)12-3-6-4-13-14-5-6/h1-2,4-5H,3H2,(H2,9,10)(H,11,12)(H,13,14). The van der Waals surface area contributed by atoms with Crippen LogP contribution in [0.25, 0.3) is 0 Å². The van der Waals surface area contributed by atoms with Crippen LogP contribution in [-0.2, 0) is 6.54 Å². The average Bonchev–Trinajstić information content (AvgIpc) is 2.69. The van der Waals surface area contributed by atoms with E-state index in [-0.39, 0.29) is 0 Å². The highest BCUT2D eigenvalue weighted by atomic mass is 15.1. The number of nitrogens with one attached hydrogen (secondary N) is 2. The Morgan fingerprint density at radius 1 is 1.36 bits per heavy atom. The van der Waals surface area contributed by atoms with Gasteiger partial charge in [0.25, 0.3) is 0 Å². The van der Waals surface area contributed by atoms with Crippen LogP contribution in [0.1, 0.15) is 5.56 Å². The first-order chi connectivity index (χ1) is 6.86. The number of rotatable bonds is 3. The molecule has 0 aliphatic carbocycles. The first-order valence-corrected chi connectivity index (χ1v) is 4.14. The smallest absolute Gasteiger partial charge is 0.169 e. The van der Waals surface area contributed by atoms with Gasteiger partial charge in [0.1, 0.15) is 0 Å². The van der Waals surface area contributed by atoms with Crippen molar-refractivity contribution >= 4 is 11.6 Å². The van der Waals surface area contributed by atoms with Crippen molar-refractivity contribution in [1.82, 2.24) is 20.2 Å². The molecule has 2 aromatic heterocycles. The Balaban J connectivity index is 2.02. The summed E-state index contributed by atoms with van der Waals surface area (Å²) in [6.07, 6.45) is 6.69. The largest absolute Gasteiger partial charge is 0.381 e. The minimum Gasteiger partial charge on any atom is -0.381 e. The van der Waals surface area contributed by atoms with Gasteiger partial charge in [-0.05, 0) is 0 Å². The molecule has 14 heavy (non-hydrogen) atoms. The molecular weight excluding hydrogens is 180 g/mol. The van der Waals surface area contributed by atoms with E-state index in [1.54, 1.807) is 24.8 Å². The molecule has 0 saturated heterocycles. The molecule has 2 heterocycles. The van der Waals surface area contributed by atoms with Gasteiger partial charge in [-0.15, -0.1) is 0 Å². The number of aromatic amines is 1. The third-order valence-electron chi connectivity index (χ3n) is 1.74. The summed E-state index contributed by atoms with van der Waals surface area (Å²) in [6, 6.07) is 0. The fourth-order valence-corrected chi connectivity index (χ4v) is 1.05. The van der Waals surface area contributed by atoms with Crippen LogP contribution in [0.15, 0.2) is 24.8 Å². The molecule has 72 valence electrons. The van der Waals surface area contributed by atoms with E-state index in [0.29, 0.717) is 18.2 Å². The second kappa shape index (κ2) is 3.73. The van der Waals surface area contributed by atoms with Gasteiger partial charge in [-0.3, -0.25) is 5.10 Å². The van der Waals surface area contributed by atoms with Gasteiger partial charge in [-0.2, -0.15) is 5.10 Å². The number of nitrogen functional groups attached to an aromatic ring is 1. The van der Waals surface area contributed by atoms with Crippen molar-refractivity contribution in [2.24, 2.45) is 0 Å². The molecule has 0 unspecified atom stereocenters. The topological polar surface area (TPSA) is 92.5 Å². The van der Waals surface area contributed by atoms with Gasteiger partial charge in [-0.1, -0.05) is 0 Å². The van der Waals surface area contributed by atoms with E-state index in [1.807, 2.05) is 0 Å². The van der Waals surface area contributed by atoms with E-state index in [4.69, 9.17) is 5.73 Å². The van der Waals surface area contributed by atoms with E-state index in [1.165, 1.54) is 0 Å². The van der Waals surface area contributed by atoms with E-state index in [9.17, 15) is 0 Å². The molecule has 0 aromatic carbocycles. The minimum atomic E-state index is 0.399. The number of H-pyrrole nitrogens is 1. The molecule has 4 N–H and O–H groups in total. The summed E-state index contributed by atoms with van der Waals surface area (Å²) in [5, 5.41) is 9.60. The molecule has 0 aliphatic heterocycles. The summed E-state index contributed by atoms with van der Waals surface area (Å²) in [4.78, 5) is 7.96. The van der Waals surface area contributed by atoms with Crippen LogP contribution in [0.4, 0.5) is 11.6 Å². The van der Waals surface area contributed by atoms with E-state index < -0.39 is 0 Å². The van der Waals surface area contributed by atoms with Crippen molar-refractivity contribution in [3.63, 3.8) is 0 Å². The van der Waals surface area contributed by atoms with Crippen LogP contribution in [0.2, 0.25) is 0 Å². The lowest BCUT2D eigenvalue weighted by molar-refractivity contribution is 1.09. The van der Waals surface area contributed by atoms with Crippen molar-refractivity contribution in [3.05, 3.63) is 30.4 Å². The Kier molecular flexibility index (Phi) is 2.26. The summed E-state index contributed by atoms with van der Waals surface area (Å²) in [5.41, 5.74) is 6.64. The third kappa shape index (κ3) is 1.79. The molecule has 0 aliphatic rings. The fourth-order valence-electron chi connectivity index (χ4n) is 1.05. The van der Waals surface area contributed by atoms with E-state index >= 15 is 0 Å². The van der Waals surface area contributed by atoms with Gasteiger partial charge in [0.2, 0.25) is 0 Å². The summed E-state index contributed by atoms with van der Waals surface area (Å²) in [6.45, 7) is 0.624. The van der Waals surface area contributed by atoms with E-state index in [2.05, 4.69) is 25.5 Å². The molecule has 0 spiro atoms. The monoisotopic (exact) mass is 190 g/mol. The predicted molar refractivity (Wildman–Crippen MR) is 52.4 cm³/mol. The van der Waals surface area contributed by atoms with Crippen LogP contribution in [0.5, 0.6) is 0 Å². The number of nitrogens with two attached hydrogens (primary N) is 1. The van der Waals surface area contributed by atoms with Gasteiger partial charge in [0, 0.05) is 30.7 Å². The second-order valence-corrected chi connectivity index (χ2v) is 2.75. The van der Waals surface area contributed by atoms with Gasteiger partial charge in [-0.25, -0.2) is 9.97 Å². The molecule has 0 amide bonds. The van der Waals surface area contributed by atoms with Crippen LogP contribution < -0.4 is 11.1 Å².